The van der Waals surface area contributed by atoms with Gasteiger partial charge in [-0.2, -0.15) is 0 Å². The zero-order valence-electron chi connectivity index (χ0n) is 19.8. The highest BCUT2D eigenvalue weighted by Gasteiger charge is 2.12. The van der Waals surface area contributed by atoms with Crippen LogP contribution in [0.3, 0.4) is 0 Å². The maximum absolute atomic E-state index is 2.35. The highest BCUT2D eigenvalue weighted by molar-refractivity contribution is 4.63. The number of hydrogen-bond donors (Lipinski definition) is 0. The Hall–Kier alpha value is 0. The van der Waals surface area contributed by atoms with E-state index in [1.165, 1.54) is 32.1 Å². The predicted octanol–water partition coefficient (Wildman–Crippen LogP) is 10.3. The first kappa shape index (κ1) is 39.2. The van der Waals surface area contributed by atoms with Crippen LogP contribution in [0.2, 0.25) is 0 Å². The van der Waals surface area contributed by atoms with E-state index in [-0.39, 0.29) is 7.43 Å². The highest BCUT2D eigenvalue weighted by Crippen LogP contribution is 2.24. The monoisotopic (exact) mass is 348 g/mol. The molecule has 2 unspecified atom stereocenters. The number of hydrogen-bond acceptors (Lipinski definition) is 0. The van der Waals surface area contributed by atoms with E-state index < -0.39 is 0 Å². The van der Waals surface area contributed by atoms with E-state index >= 15 is 0 Å². The standard InChI is InChI=1S/C9H20.C5H10.C3H8.3C2H6.CH4/c1-6-8(4)9(5)7(2)3;1-5-3-2-4-5;1-3-2;3*1-2;/h7-9H,6H2,1-5H3;5H,2-4H2,1H3;3H2,1-2H3;3*1-2H3;1H4. The van der Waals surface area contributed by atoms with Crippen LogP contribution in [0.4, 0.5) is 0 Å². The minimum absolute atomic E-state index is 0. The van der Waals surface area contributed by atoms with Crippen LogP contribution in [0.25, 0.3) is 0 Å². The van der Waals surface area contributed by atoms with Crippen LogP contribution >= 0.6 is 0 Å². The molecule has 0 heterocycles. The lowest BCUT2D eigenvalue weighted by Crippen LogP contribution is -2.12. The lowest BCUT2D eigenvalue weighted by atomic mass is 9.85. The zero-order valence-corrected chi connectivity index (χ0v) is 19.8. The van der Waals surface area contributed by atoms with Crippen molar-refractivity contribution in [3.8, 4) is 0 Å². The molecule has 0 heteroatoms. The first-order chi connectivity index (χ1) is 10.9. The van der Waals surface area contributed by atoms with Crippen molar-refractivity contribution in [1.29, 1.82) is 0 Å². The van der Waals surface area contributed by atoms with Crippen LogP contribution in [0.1, 0.15) is 136 Å². The smallest absolute Gasteiger partial charge is 0.0394 e. The second-order valence-corrected chi connectivity index (χ2v) is 6.23. The topological polar surface area (TPSA) is 0 Å². The van der Waals surface area contributed by atoms with Crippen molar-refractivity contribution >= 4 is 0 Å². The van der Waals surface area contributed by atoms with Crippen LogP contribution in [-0.4, -0.2) is 0 Å². The summed E-state index contributed by atoms with van der Waals surface area (Å²) in [5.41, 5.74) is 0. The van der Waals surface area contributed by atoms with E-state index in [0.29, 0.717) is 0 Å². The highest BCUT2D eigenvalue weighted by atomic mass is 14.2. The molecule has 0 spiro atoms. The lowest BCUT2D eigenvalue weighted by Gasteiger charge is -2.21. The molecule has 1 fully saturated rings. The van der Waals surface area contributed by atoms with E-state index in [4.69, 9.17) is 0 Å². The Labute approximate surface area is 160 Å². The third kappa shape index (κ3) is 37.9. The molecule has 0 bridgehead atoms. The van der Waals surface area contributed by atoms with Gasteiger partial charge in [0.25, 0.3) is 0 Å². The maximum Gasteiger partial charge on any atom is -0.0394 e. The fraction of sp³-hybridized carbons (Fsp3) is 1.00. The Morgan fingerprint density at radius 3 is 1.04 bits per heavy atom. The van der Waals surface area contributed by atoms with Gasteiger partial charge >= 0.3 is 0 Å². The summed E-state index contributed by atoms with van der Waals surface area (Å²) in [5, 5.41) is 0. The van der Waals surface area contributed by atoms with Crippen LogP contribution in [-0.2, 0) is 0 Å². The van der Waals surface area contributed by atoms with Crippen molar-refractivity contribution in [1.82, 2.24) is 0 Å². The van der Waals surface area contributed by atoms with Crippen molar-refractivity contribution in [3.63, 3.8) is 0 Å². The molecule has 2 atom stereocenters. The van der Waals surface area contributed by atoms with E-state index in [1.807, 2.05) is 41.5 Å². The molecule has 0 radical (unpaired) electrons. The van der Waals surface area contributed by atoms with Gasteiger partial charge in [-0.15, -0.1) is 0 Å². The molecule has 0 amide bonds. The third-order valence-corrected chi connectivity index (χ3v) is 3.99. The van der Waals surface area contributed by atoms with Crippen molar-refractivity contribution in [3.05, 3.63) is 0 Å². The minimum atomic E-state index is 0. The summed E-state index contributed by atoms with van der Waals surface area (Å²) >= 11 is 0. The molecule has 1 aliphatic rings. The van der Waals surface area contributed by atoms with Crippen LogP contribution in [0.15, 0.2) is 0 Å². The van der Waals surface area contributed by atoms with Gasteiger partial charge < -0.3 is 0 Å². The quantitative estimate of drug-likeness (QED) is 0.475. The van der Waals surface area contributed by atoms with Crippen LogP contribution in [0, 0.1) is 23.7 Å². The molecule has 1 saturated carbocycles. The Kier molecular flexibility index (Phi) is 62.9. The van der Waals surface area contributed by atoms with Crippen molar-refractivity contribution < 1.29 is 0 Å². The molecule has 0 N–H and O–H groups in total. The van der Waals surface area contributed by atoms with Gasteiger partial charge in [0.15, 0.2) is 0 Å². The molecule has 0 aromatic carbocycles. The lowest BCUT2D eigenvalue weighted by molar-refractivity contribution is 0.289. The average Bonchev–Trinajstić information content (AvgIpc) is 2.58. The van der Waals surface area contributed by atoms with Gasteiger partial charge in [0.2, 0.25) is 0 Å². The summed E-state index contributed by atoms with van der Waals surface area (Å²) in [6, 6.07) is 0. The van der Waals surface area contributed by atoms with E-state index in [1.54, 1.807) is 0 Å². The second-order valence-electron chi connectivity index (χ2n) is 6.23. The molecule has 0 aliphatic heterocycles. The van der Waals surface area contributed by atoms with Gasteiger partial charge in [0.1, 0.15) is 0 Å². The summed E-state index contributed by atoms with van der Waals surface area (Å²) in [4.78, 5) is 0. The largest absolute Gasteiger partial charge is 0.0776 e. The van der Waals surface area contributed by atoms with Gasteiger partial charge in [-0.05, 0) is 23.7 Å². The van der Waals surface area contributed by atoms with Gasteiger partial charge in [-0.3, -0.25) is 0 Å². The van der Waals surface area contributed by atoms with E-state index in [0.717, 1.165) is 23.7 Å². The van der Waals surface area contributed by atoms with Gasteiger partial charge in [0, 0.05) is 0 Å². The van der Waals surface area contributed by atoms with Gasteiger partial charge in [0.05, 0.1) is 0 Å². The molecule has 0 aromatic heterocycles. The molecule has 1 aliphatic carbocycles. The number of rotatable bonds is 3. The normalized spacial score (nSPS) is 13.6. The summed E-state index contributed by atoms with van der Waals surface area (Å²) in [6.07, 6.45) is 7.03. The predicted molar refractivity (Wildman–Crippen MR) is 123 cm³/mol. The molecular formula is C24H60. The molecule has 156 valence electrons. The van der Waals surface area contributed by atoms with E-state index in [2.05, 4.69) is 55.4 Å². The first-order valence-electron chi connectivity index (χ1n) is 10.9. The summed E-state index contributed by atoms with van der Waals surface area (Å²) in [5.74, 6) is 3.69. The molecule has 0 aromatic rings. The third-order valence-electron chi connectivity index (χ3n) is 3.99. The van der Waals surface area contributed by atoms with Gasteiger partial charge in [-0.1, -0.05) is 136 Å². The average molecular weight is 349 g/mol. The first-order valence-corrected chi connectivity index (χ1v) is 10.9. The van der Waals surface area contributed by atoms with Crippen molar-refractivity contribution in [2.75, 3.05) is 0 Å². The zero-order chi connectivity index (χ0) is 19.8. The van der Waals surface area contributed by atoms with E-state index in [9.17, 15) is 0 Å². The van der Waals surface area contributed by atoms with Crippen LogP contribution < -0.4 is 0 Å². The summed E-state index contributed by atoms with van der Waals surface area (Å²) in [6.45, 7) is 30.1. The fourth-order valence-corrected chi connectivity index (χ4v) is 1.64. The SMILES string of the molecule is C.CC.CC.CC.CC1CCC1.CCC.CCC(C)C(C)C(C)C. The molecule has 24 heavy (non-hydrogen) atoms. The summed E-state index contributed by atoms with van der Waals surface area (Å²) < 4.78 is 0. The summed E-state index contributed by atoms with van der Waals surface area (Å²) in [7, 11) is 0. The Morgan fingerprint density at radius 2 is 1.00 bits per heavy atom. The van der Waals surface area contributed by atoms with Crippen molar-refractivity contribution in [2.45, 2.75) is 136 Å². The van der Waals surface area contributed by atoms with Crippen LogP contribution in [0.5, 0.6) is 0 Å². The molecular weight excluding hydrogens is 288 g/mol. The Bertz CT molecular complexity index is 133. The molecule has 0 saturated heterocycles. The molecule has 1 rings (SSSR count). The maximum atomic E-state index is 2.35. The fourth-order valence-electron chi connectivity index (χ4n) is 1.64. The van der Waals surface area contributed by atoms with Crippen molar-refractivity contribution in [2.24, 2.45) is 23.7 Å². The van der Waals surface area contributed by atoms with Gasteiger partial charge in [-0.25, -0.2) is 0 Å². The Morgan fingerprint density at radius 1 is 0.750 bits per heavy atom. The molecule has 0 nitrogen and oxygen atoms in total. The second kappa shape index (κ2) is 38.5. The minimum Gasteiger partial charge on any atom is -0.0776 e. The Balaban J connectivity index is -0.0000000463.